The Hall–Kier alpha value is -0.423. The monoisotopic (exact) mass is 173 g/mol. The first-order chi connectivity index (χ1) is 5.28. The van der Waals surface area contributed by atoms with Crippen LogP contribution in [-0.2, 0) is 13.3 Å². The average Bonchev–Trinajstić information content (AvgIpc) is 2.07. The highest BCUT2D eigenvalue weighted by Crippen LogP contribution is 1.98. The van der Waals surface area contributed by atoms with Crippen molar-refractivity contribution in [3.63, 3.8) is 0 Å². The van der Waals surface area contributed by atoms with Crippen molar-refractivity contribution in [3.05, 3.63) is 25.3 Å². The molecule has 0 aliphatic carbocycles. The highest BCUT2D eigenvalue weighted by atomic mass is 28.3. The van der Waals surface area contributed by atoms with E-state index in [9.17, 15) is 0 Å². The van der Waals surface area contributed by atoms with Crippen LogP contribution in [0.4, 0.5) is 0 Å². The zero-order valence-electron chi connectivity index (χ0n) is 6.87. The van der Waals surface area contributed by atoms with E-state index in [4.69, 9.17) is 13.3 Å². The molecular weight excluding hydrogens is 160 g/mol. The van der Waals surface area contributed by atoms with Crippen LogP contribution in [0.15, 0.2) is 25.3 Å². The normalized spacial score (nSPS) is 10.5. The lowest BCUT2D eigenvalue weighted by molar-refractivity contribution is 0.125. The van der Waals surface area contributed by atoms with E-state index in [2.05, 4.69) is 13.2 Å². The summed E-state index contributed by atoms with van der Waals surface area (Å²) in [6.07, 6.45) is 3.08. The fourth-order valence-electron chi connectivity index (χ4n) is 0.483. The van der Waals surface area contributed by atoms with Crippen LogP contribution in [0.5, 0.6) is 0 Å². The quantitative estimate of drug-likeness (QED) is 0.443. The van der Waals surface area contributed by atoms with Gasteiger partial charge in [0.1, 0.15) is 0 Å². The van der Waals surface area contributed by atoms with Crippen molar-refractivity contribution < 1.29 is 13.3 Å². The van der Waals surface area contributed by atoms with Gasteiger partial charge in [-0.25, -0.2) is 0 Å². The predicted molar refractivity (Wildman–Crippen MR) is 45.0 cm³/mol. The highest BCUT2D eigenvalue weighted by Gasteiger charge is 2.17. The van der Waals surface area contributed by atoms with Gasteiger partial charge >= 0.3 is 9.53 Å². The minimum atomic E-state index is -1.59. The standard InChI is InChI=1S/C7H13O3Si/c1-5-7(6-2)10-11(8-3)9-4/h5-7H,1-2H2,3-4H3. The second-order valence-electron chi connectivity index (χ2n) is 1.71. The van der Waals surface area contributed by atoms with Crippen LogP contribution in [-0.4, -0.2) is 29.9 Å². The molecule has 11 heavy (non-hydrogen) atoms. The summed E-state index contributed by atoms with van der Waals surface area (Å²) in [5.41, 5.74) is 0. The lowest BCUT2D eigenvalue weighted by Crippen LogP contribution is -2.28. The number of hydrogen-bond acceptors (Lipinski definition) is 3. The fraction of sp³-hybridized carbons (Fsp3) is 0.429. The van der Waals surface area contributed by atoms with Gasteiger partial charge in [-0.15, -0.1) is 13.2 Å². The first-order valence-corrected chi connectivity index (χ1v) is 4.37. The van der Waals surface area contributed by atoms with E-state index in [1.807, 2.05) is 0 Å². The molecular formula is C7H13O3Si. The van der Waals surface area contributed by atoms with Crippen molar-refractivity contribution in [3.8, 4) is 0 Å². The maximum Gasteiger partial charge on any atom is 0.577 e. The van der Waals surface area contributed by atoms with Crippen LogP contribution in [0.3, 0.4) is 0 Å². The summed E-state index contributed by atoms with van der Waals surface area (Å²) < 4.78 is 15.1. The minimum absolute atomic E-state index is 0.191. The Morgan fingerprint density at radius 2 is 1.64 bits per heavy atom. The molecule has 0 aromatic carbocycles. The maximum absolute atomic E-state index is 5.27. The van der Waals surface area contributed by atoms with Gasteiger partial charge in [0.2, 0.25) is 0 Å². The lowest BCUT2D eigenvalue weighted by atomic mass is 10.4. The zero-order chi connectivity index (χ0) is 8.69. The second-order valence-corrected chi connectivity index (χ2v) is 3.26. The van der Waals surface area contributed by atoms with Crippen molar-refractivity contribution >= 4 is 9.53 Å². The van der Waals surface area contributed by atoms with Crippen LogP contribution in [0.1, 0.15) is 0 Å². The molecule has 0 spiro atoms. The van der Waals surface area contributed by atoms with Gasteiger partial charge in [-0.2, -0.15) is 0 Å². The highest BCUT2D eigenvalue weighted by molar-refractivity contribution is 6.36. The van der Waals surface area contributed by atoms with Crippen LogP contribution in [0, 0.1) is 0 Å². The van der Waals surface area contributed by atoms with Crippen molar-refractivity contribution in [1.29, 1.82) is 0 Å². The lowest BCUT2D eigenvalue weighted by Gasteiger charge is -2.13. The molecule has 0 fully saturated rings. The molecule has 0 aromatic heterocycles. The van der Waals surface area contributed by atoms with E-state index in [1.54, 1.807) is 26.4 Å². The van der Waals surface area contributed by atoms with Gasteiger partial charge in [0, 0.05) is 14.2 Å². The molecule has 0 saturated heterocycles. The molecule has 4 heteroatoms. The van der Waals surface area contributed by atoms with Crippen LogP contribution >= 0.6 is 0 Å². The third-order valence-electron chi connectivity index (χ3n) is 1.03. The molecule has 0 bridgehead atoms. The third kappa shape index (κ3) is 4.10. The predicted octanol–water partition coefficient (Wildman–Crippen LogP) is 1.02. The fourth-order valence-corrected chi connectivity index (χ4v) is 1.26. The molecule has 63 valence electrons. The molecule has 3 nitrogen and oxygen atoms in total. The molecule has 0 unspecified atom stereocenters. The topological polar surface area (TPSA) is 27.7 Å². The molecule has 0 N–H and O–H groups in total. The Labute approximate surface area is 69.2 Å². The van der Waals surface area contributed by atoms with Gasteiger partial charge in [0.05, 0.1) is 6.10 Å². The summed E-state index contributed by atoms with van der Waals surface area (Å²) in [6, 6.07) is 0. The molecule has 0 aromatic rings. The van der Waals surface area contributed by atoms with Gasteiger partial charge in [0.25, 0.3) is 0 Å². The molecule has 0 aliphatic rings. The summed E-state index contributed by atoms with van der Waals surface area (Å²) in [5, 5.41) is 0. The van der Waals surface area contributed by atoms with Crippen LogP contribution in [0.25, 0.3) is 0 Å². The molecule has 0 rings (SSSR count). The van der Waals surface area contributed by atoms with Gasteiger partial charge in [-0.05, 0) is 0 Å². The van der Waals surface area contributed by atoms with E-state index in [0.29, 0.717) is 0 Å². The summed E-state index contributed by atoms with van der Waals surface area (Å²) >= 11 is 0. The summed E-state index contributed by atoms with van der Waals surface area (Å²) in [5.74, 6) is 0. The Morgan fingerprint density at radius 3 is 1.91 bits per heavy atom. The Morgan fingerprint density at radius 1 is 1.18 bits per heavy atom. The summed E-state index contributed by atoms with van der Waals surface area (Å²) in [7, 11) is 1.50. The summed E-state index contributed by atoms with van der Waals surface area (Å²) in [4.78, 5) is 0. The Balaban J connectivity index is 3.76. The zero-order valence-corrected chi connectivity index (χ0v) is 7.87. The van der Waals surface area contributed by atoms with E-state index in [-0.39, 0.29) is 6.10 Å². The average molecular weight is 173 g/mol. The van der Waals surface area contributed by atoms with Crippen molar-refractivity contribution in [2.24, 2.45) is 0 Å². The van der Waals surface area contributed by atoms with E-state index >= 15 is 0 Å². The van der Waals surface area contributed by atoms with Crippen LogP contribution < -0.4 is 0 Å². The molecule has 0 amide bonds. The van der Waals surface area contributed by atoms with Gasteiger partial charge in [-0.1, -0.05) is 12.2 Å². The van der Waals surface area contributed by atoms with Crippen molar-refractivity contribution in [1.82, 2.24) is 0 Å². The maximum atomic E-state index is 5.27. The SMILES string of the molecule is C=CC(C=C)O[Si](OC)OC. The van der Waals surface area contributed by atoms with Crippen molar-refractivity contribution in [2.45, 2.75) is 6.10 Å². The Bertz CT molecular complexity index is 115. The van der Waals surface area contributed by atoms with Gasteiger partial charge in [0.15, 0.2) is 0 Å². The molecule has 0 aliphatic heterocycles. The van der Waals surface area contributed by atoms with E-state index in [0.717, 1.165) is 0 Å². The van der Waals surface area contributed by atoms with Crippen LogP contribution in [0.2, 0.25) is 0 Å². The molecule has 0 atom stereocenters. The first-order valence-electron chi connectivity index (χ1n) is 3.15. The summed E-state index contributed by atoms with van der Waals surface area (Å²) in [6.45, 7) is 7.12. The minimum Gasteiger partial charge on any atom is -0.375 e. The molecule has 1 radical (unpaired) electrons. The van der Waals surface area contributed by atoms with Gasteiger partial charge in [-0.3, -0.25) is 0 Å². The van der Waals surface area contributed by atoms with E-state index in [1.165, 1.54) is 0 Å². The molecule has 0 heterocycles. The second kappa shape index (κ2) is 6.30. The molecule has 0 saturated carbocycles. The first kappa shape index (κ1) is 10.6. The van der Waals surface area contributed by atoms with E-state index < -0.39 is 9.53 Å². The Kier molecular flexibility index (Phi) is 6.06. The number of hydrogen-bond donors (Lipinski definition) is 0. The largest absolute Gasteiger partial charge is 0.577 e. The van der Waals surface area contributed by atoms with Gasteiger partial charge < -0.3 is 13.3 Å². The van der Waals surface area contributed by atoms with Crippen molar-refractivity contribution in [2.75, 3.05) is 14.2 Å². The third-order valence-corrected chi connectivity index (χ3v) is 2.16. The number of rotatable bonds is 6. The smallest absolute Gasteiger partial charge is 0.375 e.